The molecule has 0 bridgehead atoms. The van der Waals surface area contributed by atoms with Gasteiger partial charge in [0.25, 0.3) is 0 Å². The van der Waals surface area contributed by atoms with E-state index in [0.717, 1.165) is 5.56 Å². The van der Waals surface area contributed by atoms with Crippen LogP contribution in [0, 0.1) is 11.7 Å². The maximum Gasteiger partial charge on any atom is 0.166 e. The largest absolute Gasteiger partial charge is 0.294 e. The van der Waals surface area contributed by atoms with Crippen LogP contribution in [0.5, 0.6) is 0 Å². The summed E-state index contributed by atoms with van der Waals surface area (Å²) in [6.07, 6.45) is 0.401. The first-order valence-corrected chi connectivity index (χ1v) is 5.74. The topological polar surface area (TPSA) is 17.1 Å². The monoisotopic (exact) mass is 222 g/mol. The van der Waals surface area contributed by atoms with Crippen molar-refractivity contribution in [3.05, 3.63) is 35.1 Å². The Kier molecular flexibility index (Phi) is 4.22. The minimum atomic E-state index is -0.407. The van der Waals surface area contributed by atoms with Gasteiger partial charge >= 0.3 is 0 Å². The molecule has 0 heterocycles. The number of ketones is 1. The number of halogens is 1. The molecule has 2 heteroatoms. The van der Waals surface area contributed by atoms with Crippen molar-refractivity contribution in [2.75, 3.05) is 0 Å². The van der Waals surface area contributed by atoms with E-state index in [1.165, 1.54) is 6.07 Å². The zero-order chi connectivity index (χ0) is 12.3. The molecule has 1 aromatic rings. The average Bonchev–Trinajstić information content (AvgIpc) is 2.16. The van der Waals surface area contributed by atoms with Crippen molar-refractivity contribution >= 4 is 5.78 Å². The first-order valence-electron chi connectivity index (χ1n) is 5.74. The van der Waals surface area contributed by atoms with E-state index in [-0.39, 0.29) is 17.3 Å². The molecule has 88 valence electrons. The number of hydrogen-bond donors (Lipinski definition) is 0. The summed E-state index contributed by atoms with van der Waals surface area (Å²) >= 11 is 0. The highest BCUT2D eigenvalue weighted by atomic mass is 19.1. The Bertz CT molecular complexity index is 380. The number of Topliss-reactive ketones (excluding diaryl/α,β-unsaturated/α-hetero) is 1. The predicted molar refractivity (Wildman–Crippen MR) is 64.3 cm³/mol. The fraction of sp³-hybridized carbons (Fsp3) is 0.500. The van der Waals surface area contributed by atoms with Gasteiger partial charge in [-0.25, -0.2) is 4.39 Å². The second kappa shape index (κ2) is 5.24. The zero-order valence-corrected chi connectivity index (χ0v) is 10.4. The Morgan fingerprint density at radius 2 is 1.88 bits per heavy atom. The van der Waals surface area contributed by atoms with E-state index in [2.05, 4.69) is 0 Å². The van der Waals surface area contributed by atoms with Crippen molar-refractivity contribution in [2.24, 2.45) is 5.92 Å². The average molecular weight is 222 g/mol. The van der Waals surface area contributed by atoms with Crippen LogP contribution in [-0.4, -0.2) is 5.78 Å². The van der Waals surface area contributed by atoms with E-state index >= 15 is 0 Å². The lowest BCUT2D eigenvalue weighted by Crippen LogP contribution is -2.07. The lowest BCUT2D eigenvalue weighted by atomic mass is 9.95. The van der Waals surface area contributed by atoms with Gasteiger partial charge in [-0.2, -0.15) is 0 Å². The molecule has 0 atom stereocenters. The van der Waals surface area contributed by atoms with Crippen LogP contribution in [0.2, 0.25) is 0 Å². The molecule has 1 aromatic carbocycles. The van der Waals surface area contributed by atoms with Gasteiger partial charge in [-0.1, -0.05) is 33.8 Å². The van der Waals surface area contributed by atoms with Crippen LogP contribution in [0.4, 0.5) is 4.39 Å². The van der Waals surface area contributed by atoms with Crippen molar-refractivity contribution in [3.8, 4) is 0 Å². The van der Waals surface area contributed by atoms with E-state index in [9.17, 15) is 9.18 Å². The quantitative estimate of drug-likeness (QED) is 0.698. The van der Waals surface area contributed by atoms with Gasteiger partial charge in [0.2, 0.25) is 0 Å². The Morgan fingerprint density at radius 3 is 2.38 bits per heavy atom. The maximum atomic E-state index is 13.5. The van der Waals surface area contributed by atoms with Gasteiger partial charge in [-0.05, 0) is 29.5 Å². The minimum Gasteiger partial charge on any atom is -0.294 e. The summed E-state index contributed by atoms with van der Waals surface area (Å²) in [5.74, 6) is 0.0610. The SMILES string of the molecule is CC(C)CC(=O)c1cc(C(C)C)ccc1F. The fourth-order valence-electron chi connectivity index (χ4n) is 1.60. The summed E-state index contributed by atoms with van der Waals surface area (Å²) < 4.78 is 13.5. The van der Waals surface area contributed by atoms with Gasteiger partial charge in [0.1, 0.15) is 5.82 Å². The molecule has 0 amide bonds. The summed E-state index contributed by atoms with van der Waals surface area (Å²) in [6.45, 7) is 7.98. The third-order valence-corrected chi connectivity index (χ3v) is 2.55. The molecule has 1 nitrogen and oxygen atoms in total. The smallest absolute Gasteiger partial charge is 0.166 e. The molecule has 0 aromatic heterocycles. The molecule has 0 N–H and O–H groups in total. The Morgan fingerprint density at radius 1 is 1.25 bits per heavy atom. The number of carbonyl (C=O) groups excluding carboxylic acids is 1. The Labute approximate surface area is 96.7 Å². The summed E-state index contributed by atoms with van der Waals surface area (Å²) in [7, 11) is 0. The van der Waals surface area contributed by atoms with Crippen LogP contribution in [0.25, 0.3) is 0 Å². The van der Waals surface area contributed by atoms with Gasteiger partial charge in [-0.3, -0.25) is 4.79 Å². The van der Waals surface area contributed by atoms with E-state index in [0.29, 0.717) is 12.3 Å². The van der Waals surface area contributed by atoms with Gasteiger partial charge in [0.15, 0.2) is 5.78 Å². The molecule has 0 spiro atoms. The van der Waals surface area contributed by atoms with Crippen LogP contribution >= 0.6 is 0 Å². The molecule has 16 heavy (non-hydrogen) atoms. The molecule has 0 unspecified atom stereocenters. The number of carbonyl (C=O) groups is 1. The highest BCUT2D eigenvalue weighted by Gasteiger charge is 2.14. The molecular weight excluding hydrogens is 203 g/mol. The summed E-state index contributed by atoms with van der Waals surface area (Å²) in [5.41, 5.74) is 1.24. The first kappa shape index (κ1) is 12.9. The molecule has 0 fully saturated rings. The molecule has 1 rings (SSSR count). The van der Waals surface area contributed by atoms with E-state index in [1.807, 2.05) is 27.7 Å². The van der Waals surface area contributed by atoms with Crippen molar-refractivity contribution < 1.29 is 9.18 Å². The second-order valence-corrected chi connectivity index (χ2v) is 4.92. The lowest BCUT2D eigenvalue weighted by Gasteiger charge is -2.09. The first-order chi connectivity index (χ1) is 7.41. The van der Waals surface area contributed by atoms with Crippen LogP contribution in [0.15, 0.2) is 18.2 Å². The predicted octanol–water partition coefficient (Wildman–Crippen LogP) is 4.18. The Hall–Kier alpha value is -1.18. The van der Waals surface area contributed by atoms with E-state index in [1.54, 1.807) is 12.1 Å². The van der Waals surface area contributed by atoms with Gasteiger partial charge in [0.05, 0.1) is 5.56 Å². The van der Waals surface area contributed by atoms with Gasteiger partial charge in [0, 0.05) is 6.42 Å². The molecular formula is C14H19FO. The van der Waals surface area contributed by atoms with Crippen molar-refractivity contribution in [1.29, 1.82) is 0 Å². The van der Waals surface area contributed by atoms with E-state index < -0.39 is 5.82 Å². The highest BCUT2D eigenvalue weighted by molar-refractivity contribution is 5.96. The highest BCUT2D eigenvalue weighted by Crippen LogP contribution is 2.20. The minimum absolute atomic E-state index is 0.102. The van der Waals surface area contributed by atoms with Crippen molar-refractivity contribution in [3.63, 3.8) is 0 Å². The molecule has 0 aliphatic heterocycles. The molecule has 0 radical (unpaired) electrons. The van der Waals surface area contributed by atoms with Gasteiger partial charge in [-0.15, -0.1) is 0 Å². The summed E-state index contributed by atoms with van der Waals surface area (Å²) in [6, 6.07) is 4.82. The lowest BCUT2D eigenvalue weighted by molar-refractivity contribution is 0.0964. The van der Waals surface area contributed by atoms with Crippen LogP contribution in [0.3, 0.4) is 0 Å². The second-order valence-electron chi connectivity index (χ2n) is 4.92. The fourth-order valence-corrected chi connectivity index (χ4v) is 1.60. The van der Waals surface area contributed by atoms with Crippen molar-refractivity contribution in [1.82, 2.24) is 0 Å². The summed E-state index contributed by atoms with van der Waals surface area (Å²) in [5, 5.41) is 0. The van der Waals surface area contributed by atoms with Crippen LogP contribution in [0.1, 0.15) is 56.0 Å². The normalized spacial score (nSPS) is 11.2. The molecule has 0 saturated carbocycles. The maximum absolute atomic E-state index is 13.5. The van der Waals surface area contributed by atoms with E-state index in [4.69, 9.17) is 0 Å². The molecule has 0 saturated heterocycles. The third kappa shape index (κ3) is 3.16. The molecule has 0 aliphatic carbocycles. The zero-order valence-electron chi connectivity index (χ0n) is 10.4. The van der Waals surface area contributed by atoms with Gasteiger partial charge < -0.3 is 0 Å². The summed E-state index contributed by atoms with van der Waals surface area (Å²) in [4.78, 5) is 11.8. The van der Waals surface area contributed by atoms with Crippen molar-refractivity contribution in [2.45, 2.75) is 40.0 Å². The number of benzene rings is 1. The number of hydrogen-bond acceptors (Lipinski definition) is 1. The third-order valence-electron chi connectivity index (χ3n) is 2.55. The number of rotatable bonds is 4. The molecule has 0 aliphatic rings. The van der Waals surface area contributed by atoms with Crippen LogP contribution in [-0.2, 0) is 0 Å². The Balaban J connectivity index is 3.02. The van der Waals surface area contributed by atoms with Crippen LogP contribution < -0.4 is 0 Å². The standard InChI is InChI=1S/C14H19FO/c1-9(2)7-14(16)12-8-11(10(3)4)5-6-13(12)15/h5-6,8-10H,7H2,1-4H3.